The Morgan fingerprint density at radius 2 is 2.29 bits per heavy atom. The summed E-state index contributed by atoms with van der Waals surface area (Å²) < 4.78 is 0. The molecule has 1 N–H and O–H groups in total. The summed E-state index contributed by atoms with van der Waals surface area (Å²) in [4.78, 5) is 25.9. The summed E-state index contributed by atoms with van der Waals surface area (Å²) >= 11 is 0. The number of carboxylic acids is 1. The number of likely N-dealkylation sites (N-methyl/N-ethyl adjacent to an activating group) is 1. The summed E-state index contributed by atoms with van der Waals surface area (Å²) in [6.45, 7) is 1.76. The fraction of sp³-hybridized carbons (Fsp3) is 0.400. The minimum absolute atomic E-state index is 0.259. The Kier molecular flexibility index (Phi) is 3.97. The van der Waals surface area contributed by atoms with Crippen LogP contribution < -0.4 is 4.90 Å². The molecule has 1 atom stereocenters. The zero-order chi connectivity index (χ0) is 13.0. The van der Waals surface area contributed by atoms with Crippen molar-refractivity contribution in [2.24, 2.45) is 0 Å². The van der Waals surface area contributed by atoms with Crippen molar-refractivity contribution in [2.75, 3.05) is 11.9 Å². The van der Waals surface area contributed by atoms with E-state index in [1.807, 2.05) is 0 Å². The molecule has 1 aromatic rings. The highest BCUT2D eigenvalue weighted by Crippen LogP contribution is 2.18. The molecule has 1 heterocycles. The summed E-state index contributed by atoms with van der Waals surface area (Å²) in [5, 5.41) is 19.4. The number of pyridine rings is 1. The van der Waals surface area contributed by atoms with Crippen molar-refractivity contribution >= 4 is 17.5 Å². The number of nitro groups is 1. The molecule has 0 aromatic carbocycles. The van der Waals surface area contributed by atoms with Gasteiger partial charge in [-0.15, -0.1) is 0 Å². The van der Waals surface area contributed by atoms with Crippen molar-refractivity contribution in [1.29, 1.82) is 0 Å². The van der Waals surface area contributed by atoms with Gasteiger partial charge in [0, 0.05) is 13.1 Å². The summed E-state index contributed by atoms with van der Waals surface area (Å²) in [5.41, 5.74) is 0.532. The smallest absolute Gasteiger partial charge is 0.363 e. The lowest BCUT2D eigenvalue weighted by atomic mass is 10.2. The van der Waals surface area contributed by atoms with E-state index >= 15 is 0 Å². The number of anilines is 1. The normalized spacial score (nSPS) is 11.9. The van der Waals surface area contributed by atoms with Crippen LogP contribution in [0.25, 0.3) is 0 Å². The maximum Gasteiger partial charge on any atom is 0.363 e. The molecule has 92 valence electrons. The molecule has 0 bridgehead atoms. The van der Waals surface area contributed by atoms with Gasteiger partial charge in [0.1, 0.15) is 6.04 Å². The van der Waals surface area contributed by atoms with Crippen LogP contribution >= 0.6 is 0 Å². The standard InChI is InChI=1S/C10H13N3O4/c1-3-8(10(14)15)12(2)7-4-5-9(11-6-7)13(16)17/h4-6,8H,3H2,1-2H3,(H,14,15). The largest absolute Gasteiger partial charge is 0.480 e. The first-order valence-corrected chi connectivity index (χ1v) is 5.03. The first kappa shape index (κ1) is 12.9. The van der Waals surface area contributed by atoms with Crippen LogP contribution in [-0.4, -0.2) is 34.1 Å². The molecule has 0 saturated heterocycles. The highest BCUT2D eigenvalue weighted by Gasteiger charge is 2.22. The van der Waals surface area contributed by atoms with Crippen molar-refractivity contribution in [3.63, 3.8) is 0 Å². The third kappa shape index (κ3) is 2.90. The van der Waals surface area contributed by atoms with Crippen LogP contribution in [0.3, 0.4) is 0 Å². The number of hydrogen-bond acceptors (Lipinski definition) is 5. The van der Waals surface area contributed by atoms with E-state index in [2.05, 4.69) is 4.98 Å². The fourth-order valence-electron chi connectivity index (χ4n) is 1.49. The molecule has 7 heteroatoms. The van der Waals surface area contributed by atoms with Crippen LogP contribution in [0.2, 0.25) is 0 Å². The average Bonchev–Trinajstić information content (AvgIpc) is 2.29. The second-order valence-corrected chi connectivity index (χ2v) is 3.50. The zero-order valence-corrected chi connectivity index (χ0v) is 9.53. The number of aliphatic carboxylic acids is 1. The van der Waals surface area contributed by atoms with Crippen molar-refractivity contribution in [2.45, 2.75) is 19.4 Å². The summed E-state index contributed by atoms with van der Waals surface area (Å²) in [5.74, 6) is -1.20. The fourth-order valence-corrected chi connectivity index (χ4v) is 1.49. The van der Waals surface area contributed by atoms with Gasteiger partial charge < -0.3 is 20.1 Å². The van der Waals surface area contributed by atoms with E-state index in [1.165, 1.54) is 23.2 Å². The van der Waals surface area contributed by atoms with Gasteiger partial charge in [-0.2, -0.15) is 0 Å². The third-order valence-electron chi connectivity index (χ3n) is 2.47. The van der Waals surface area contributed by atoms with Crippen LogP contribution in [0.5, 0.6) is 0 Å². The lowest BCUT2D eigenvalue weighted by Gasteiger charge is -2.24. The molecule has 0 aliphatic heterocycles. The van der Waals surface area contributed by atoms with E-state index in [-0.39, 0.29) is 5.82 Å². The van der Waals surface area contributed by atoms with E-state index < -0.39 is 16.9 Å². The Labute approximate surface area is 97.8 Å². The zero-order valence-electron chi connectivity index (χ0n) is 9.53. The van der Waals surface area contributed by atoms with E-state index in [1.54, 1.807) is 14.0 Å². The molecular weight excluding hydrogens is 226 g/mol. The predicted molar refractivity (Wildman–Crippen MR) is 61.0 cm³/mol. The molecule has 1 rings (SSSR count). The predicted octanol–water partition coefficient (Wildman–Crippen LogP) is 1.29. The molecule has 0 saturated carbocycles. The van der Waals surface area contributed by atoms with Crippen LogP contribution in [0.15, 0.2) is 18.3 Å². The van der Waals surface area contributed by atoms with Gasteiger partial charge in [-0.3, -0.25) is 0 Å². The quantitative estimate of drug-likeness (QED) is 0.614. The lowest BCUT2D eigenvalue weighted by molar-refractivity contribution is -0.389. The van der Waals surface area contributed by atoms with Crippen LogP contribution in [0.4, 0.5) is 11.5 Å². The summed E-state index contributed by atoms with van der Waals surface area (Å²) in [6.07, 6.45) is 1.73. The SMILES string of the molecule is CCC(C(=O)O)N(C)c1ccc([N+](=O)[O-])nc1. The second-order valence-electron chi connectivity index (χ2n) is 3.50. The van der Waals surface area contributed by atoms with Gasteiger partial charge in [0.05, 0.1) is 5.69 Å². The third-order valence-corrected chi connectivity index (χ3v) is 2.47. The molecule has 1 unspecified atom stereocenters. The molecule has 0 fully saturated rings. The second kappa shape index (κ2) is 5.24. The van der Waals surface area contributed by atoms with Gasteiger partial charge in [0.15, 0.2) is 6.20 Å². The first-order valence-electron chi connectivity index (χ1n) is 5.03. The number of carboxylic acid groups (broad SMARTS) is 1. The number of hydrogen-bond donors (Lipinski definition) is 1. The van der Waals surface area contributed by atoms with Gasteiger partial charge in [0.25, 0.3) is 0 Å². The van der Waals surface area contributed by atoms with E-state index in [0.29, 0.717) is 12.1 Å². The number of nitrogens with zero attached hydrogens (tertiary/aromatic N) is 3. The minimum Gasteiger partial charge on any atom is -0.480 e. The molecule has 1 aromatic heterocycles. The molecule has 0 radical (unpaired) electrons. The summed E-state index contributed by atoms with van der Waals surface area (Å²) in [6, 6.07) is 2.06. The molecular formula is C10H13N3O4. The summed E-state index contributed by atoms with van der Waals surface area (Å²) in [7, 11) is 1.62. The number of rotatable bonds is 5. The number of carbonyl (C=O) groups is 1. The highest BCUT2D eigenvalue weighted by molar-refractivity contribution is 5.77. The molecule has 0 aliphatic rings. The molecule has 0 aliphatic carbocycles. The average molecular weight is 239 g/mol. The highest BCUT2D eigenvalue weighted by atomic mass is 16.6. The topological polar surface area (TPSA) is 96.6 Å². The van der Waals surface area contributed by atoms with Crippen LogP contribution in [-0.2, 0) is 4.79 Å². The monoisotopic (exact) mass is 239 g/mol. The molecule has 17 heavy (non-hydrogen) atoms. The van der Waals surface area contributed by atoms with Crippen molar-refractivity contribution in [1.82, 2.24) is 4.98 Å². The molecule has 0 amide bonds. The Hall–Kier alpha value is -2.18. The lowest BCUT2D eigenvalue weighted by Crippen LogP contribution is -2.37. The Morgan fingerprint density at radius 1 is 1.65 bits per heavy atom. The van der Waals surface area contributed by atoms with Crippen molar-refractivity contribution in [3.05, 3.63) is 28.4 Å². The Bertz CT molecular complexity index is 418. The van der Waals surface area contributed by atoms with Gasteiger partial charge in [0.2, 0.25) is 0 Å². The van der Waals surface area contributed by atoms with Gasteiger partial charge >= 0.3 is 11.8 Å². The van der Waals surface area contributed by atoms with Crippen LogP contribution in [0.1, 0.15) is 13.3 Å². The maximum absolute atomic E-state index is 11.0. The maximum atomic E-state index is 11.0. The minimum atomic E-state index is -0.937. The van der Waals surface area contributed by atoms with Crippen molar-refractivity contribution < 1.29 is 14.8 Å². The van der Waals surface area contributed by atoms with E-state index in [9.17, 15) is 14.9 Å². The first-order chi connectivity index (χ1) is 7.97. The number of aromatic nitrogens is 1. The molecule has 7 nitrogen and oxygen atoms in total. The van der Waals surface area contributed by atoms with Gasteiger partial charge in [-0.05, 0) is 22.4 Å². The van der Waals surface area contributed by atoms with Crippen LogP contribution in [0, 0.1) is 10.1 Å². The Balaban J connectivity index is 2.92. The Morgan fingerprint density at radius 3 is 2.65 bits per heavy atom. The van der Waals surface area contributed by atoms with Gasteiger partial charge in [-0.1, -0.05) is 6.92 Å². The molecule has 0 spiro atoms. The van der Waals surface area contributed by atoms with Crippen molar-refractivity contribution in [3.8, 4) is 0 Å². The van der Waals surface area contributed by atoms with E-state index in [0.717, 1.165) is 0 Å². The van der Waals surface area contributed by atoms with Gasteiger partial charge in [-0.25, -0.2) is 4.79 Å². The van der Waals surface area contributed by atoms with E-state index in [4.69, 9.17) is 5.11 Å².